The molecule has 84 valence electrons. The van der Waals surface area contributed by atoms with Gasteiger partial charge in [0, 0.05) is 17.5 Å². The lowest BCUT2D eigenvalue weighted by atomic mass is 9.81. The van der Waals surface area contributed by atoms with Gasteiger partial charge in [-0.15, -0.1) is 11.3 Å². The van der Waals surface area contributed by atoms with E-state index in [9.17, 15) is 0 Å². The Morgan fingerprint density at radius 2 is 2.47 bits per heavy atom. The van der Waals surface area contributed by atoms with Crippen LogP contribution in [0.5, 0.6) is 0 Å². The Morgan fingerprint density at radius 3 is 3.13 bits per heavy atom. The lowest BCUT2D eigenvalue weighted by molar-refractivity contribution is 0.280. The molecule has 0 amide bonds. The maximum Gasteiger partial charge on any atom is 0.0959 e. The van der Waals surface area contributed by atoms with E-state index in [1.807, 2.05) is 17.5 Å². The molecule has 1 N–H and O–H groups in total. The Labute approximate surface area is 96.1 Å². The molecule has 1 saturated heterocycles. The smallest absolute Gasteiger partial charge is 0.0959 e. The topological polar surface area (TPSA) is 24.9 Å². The summed E-state index contributed by atoms with van der Waals surface area (Å²) in [7, 11) is 0. The number of rotatable bonds is 3. The number of hydrogen-bond donors (Lipinski definition) is 1. The Kier molecular flexibility index (Phi) is 3.76. The predicted octanol–water partition coefficient (Wildman–Crippen LogP) is 2.88. The van der Waals surface area contributed by atoms with E-state index in [4.69, 9.17) is 0 Å². The minimum atomic E-state index is 0.702. The van der Waals surface area contributed by atoms with Gasteiger partial charge < -0.3 is 5.32 Å². The zero-order chi connectivity index (χ0) is 10.7. The van der Waals surface area contributed by atoms with Gasteiger partial charge in [0.2, 0.25) is 0 Å². The molecule has 1 aromatic rings. The van der Waals surface area contributed by atoms with Crippen molar-refractivity contribution in [1.29, 1.82) is 0 Å². The average Bonchev–Trinajstić information content (AvgIpc) is 2.70. The van der Waals surface area contributed by atoms with E-state index in [-0.39, 0.29) is 0 Å². The molecular formula is C12H20N2S. The van der Waals surface area contributed by atoms with E-state index in [1.54, 1.807) is 0 Å². The second-order valence-corrected chi connectivity index (χ2v) is 5.79. The van der Waals surface area contributed by atoms with Crippen LogP contribution in [-0.2, 0) is 0 Å². The van der Waals surface area contributed by atoms with E-state index in [0.29, 0.717) is 5.92 Å². The Hall–Kier alpha value is -0.410. The number of piperidine rings is 1. The Morgan fingerprint density at radius 1 is 1.60 bits per heavy atom. The van der Waals surface area contributed by atoms with Gasteiger partial charge in [-0.2, -0.15) is 0 Å². The third kappa shape index (κ3) is 2.79. The molecule has 2 rings (SSSR count). The SMILES string of the molecule is CC(C)CC1CNCCC1c1nccs1. The molecule has 0 spiro atoms. The largest absolute Gasteiger partial charge is 0.316 e. The molecule has 2 atom stereocenters. The zero-order valence-electron chi connectivity index (χ0n) is 9.57. The molecular weight excluding hydrogens is 204 g/mol. The van der Waals surface area contributed by atoms with Gasteiger partial charge in [-0.05, 0) is 37.8 Å². The van der Waals surface area contributed by atoms with Gasteiger partial charge in [0.25, 0.3) is 0 Å². The lowest BCUT2D eigenvalue weighted by Crippen LogP contribution is -2.36. The highest BCUT2D eigenvalue weighted by Gasteiger charge is 2.28. The van der Waals surface area contributed by atoms with Gasteiger partial charge in [-0.1, -0.05) is 13.8 Å². The van der Waals surface area contributed by atoms with Gasteiger partial charge in [-0.25, -0.2) is 4.98 Å². The molecule has 1 aromatic heterocycles. The summed E-state index contributed by atoms with van der Waals surface area (Å²) < 4.78 is 0. The Balaban J connectivity index is 2.06. The summed E-state index contributed by atoms with van der Waals surface area (Å²) in [6.07, 6.45) is 4.51. The number of hydrogen-bond acceptors (Lipinski definition) is 3. The highest BCUT2D eigenvalue weighted by molar-refractivity contribution is 7.09. The molecule has 0 radical (unpaired) electrons. The lowest BCUT2D eigenvalue weighted by Gasteiger charge is -2.32. The molecule has 2 nitrogen and oxygen atoms in total. The molecule has 0 bridgehead atoms. The Bertz CT molecular complexity index is 282. The van der Waals surface area contributed by atoms with Crippen molar-refractivity contribution in [3.63, 3.8) is 0 Å². The van der Waals surface area contributed by atoms with Crippen LogP contribution in [0.1, 0.15) is 37.6 Å². The zero-order valence-corrected chi connectivity index (χ0v) is 10.4. The summed E-state index contributed by atoms with van der Waals surface area (Å²) in [5.41, 5.74) is 0. The van der Waals surface area contributed by atoms with Crippen LogP contribution in [0.15, 0.2) is 11.6 Å². The number of aromatic nitrogens is 1. The molecule has 1 aliphatic heterocycles. The molecule has 2 unspecified atom stereocenters. The fourth-order valence-corrected chi connectivity index (χ4v) is 3.39. The second kappa shape index (κ2) is 5.08. The van der Waals surface area contributed by atoms with E-state index in [1.165, 1.54) is 24.4 Å². The predicted molar refractivity (Wildman–Crippen MR) is 65.3 cm³/mol. The summed E-state index contributed by atoms with van der Waals surface area (Å²) in [6.45, 7) is 6.95. The normalized spacial score (nSPS) is 27.1. The molecule has 0 saturated carbocycles. The highest BCUT2D eigenvalue weighted by atomic mass is 32.1. The minimum Gasteiger partial charge on any atom is -0.316 e. The van der Waals surface area contributed by atoms with Crippen molar-refractivity contribution in [2.45, 2.75) is 32.6 Å². The molecule has 3 heteroatoms. The van der Waals surface area contributed by atoms with Crippen molar-refractivity contribution in [3.05, 3.63) is 16.6 Å². The molecule has 2 heterocycles. The maximum atomic E-state index is 4.49. The average molecular weight is 224 g/mol. The summed E-state index contributed by atoms with van der Waals surface area (Å²) in [5, 5.41) is 6.96. The van der Waals surface area contributed by atoms with Gasteiger partial charge in [0.05, 0.1) is 5.01 Å². The minimum absolute atomic E-state index is 0.702. The number of nitrogens with zero attached hydrogens (tertiary/aromatic N) is 1. The van der Waals surface area contributed by atoms with Crippen LogP contribution in [0.25, 0.3) is 0 Å². The number of thiazole rings is 1. The first-order valence-electron chi connectivity index (χ1n) is 5.87. The van der Waals surface area contributed by atoms with Crippen LogP contribution in [0.2, 0.25) is 0 Å². The molecule has 0 aromatic carbocycles. The van der Waals surface area contributed by atoms with Crippen LogP contribution in [-0.4, -0.2) is 18.1 Å². The fourth-order valence-electron chi connectivity index (χ4n) is 2.52. The standard InChI is InChI=1S/C12H20N2S/c1-9(2)7-10-8-13-4-3-11(10)12-14-5-6-15-12/h5-6,9-11,13H,3-4,7-8H2,1-2H3. The molecule has 1 aliphatic rings. The summed E-state index contributed by atoms with van der Waals surface area (Å²) >= 11 is 1.82. The van der Waals surface area contributed by atoms with Crippen LogP contribution >= 0.6 is 11.3 Å². The van der Waals surface area contributed by atoms with E-state index >= 15 is 0 Å². The quantitative estimate of drug-likeness (QED) is 0.854. The van der Waals surface area contributed by atoms with Crippen LogP contribution in [0, 0.1) is 11.8 Å². The third-order valence-electron chi connectivity index (χ3n) is 3.15. The van der Waals surface area contributed by atoms with Crippen molar-refractivity contribution in [2.24, 2.45) is 11.8 Å². The van der Waals surface area contributed by atoms with Crippen molar-refractivity contribution in [1.82, 2.24) is 10.3 Å². The van der Waals surface area contributed by atoms with Crippen LogP contribution in [0.3, 0.4) is 0 Å². The van der Waals surface area contributed by atoms with Gasteiger partial charge in [0.15, 0.2) is 0 Å². The first kappa shape index (κ1) is 11.1. The van der Waals surface area contributed by atoms with E-state index in [2.05, 4.69) is 29.5 Å². The third-order valence-corrected chi connectivity index (χ3v) is 4.06. The van der Waals surface area contributed by atoms with Gasteiger partial charge >= 0.3 is 0 Å². The monoisotopic (exact) mass is 224 g/mol. The van der Waals surface area contributed by atoms with Crippen molar-refractivity contribution < 1.29 is 0 Å². The molecule has 0 aliphatic carbocycles. The summed E-state index contributed by atoms with van der Waals surface area (Å²) in [4.78, 5) is 4.49. The van der Waals surface area contributed by atoms with Crippen LogP contribution < -0.4 is 5.32 Å². The van der Waals surface area contributed by atoms with Gasteiger partial charge in [0.1, 0.15) is 0 Å². The molecule has 1 fully saturated rings. The van der Waals surface area contributed by atoms with Gasteiger partial charge in [-0.3, -0.25) is 0 Å². The van der Waals surface area contributed by atoms with Crippen molar-refractivity contribution >= 4 is 11.3 Å². The maximum absolute atomic E-state index is 4.49. The first-order chi connectivity index (χ1) is 7.27. The number of nitrogens with one attached hydrogen (secondary N) is 1. The van der Waals surface area contributed by atoms with Crippen LogP contribution in [0.4, 0.5) is 0 Å². The first-order valence-corrected chi connectivity index (χ1v) is 6.75. The van der Waals surface area contributed by atoms with E-state index < -0.39 is 0 Å². The highest BCUT2D eigenvalue weighted by Crippen LogP contribution is 2.34. The summed E-state index contributed by atoms with van der Waals surface area (Å²) in [6, 6.07) is 0. The van der Waals surface area contributed by atoms with E-state index in [0.717, 1.165) is 18.4 Å². The van der Waals surface area contributed by atoms with Crippen molar-refractivity contribution in [2.75, 3.05) is 13.1 Å². The van der Waals surface area contributed by atoms with Crippen molar-refractivity contribution in [3.8, 4) is 0 Å². The second-order valence-electron chi connectivity index (χ2n) is 4.86. The molecule has 15 heavy (non-hydrogen) atoms. The summed E-state index contributed by atoms with van der Waals surface area (Å²) in [5.74, 6) is 2.27. The fraction of sp³-hybridized carbons (Fsp3) is 0.750.